The molecule has 0 spiro atoms. The second-order valence-electron chi connectivity index (χ2n) is 5.12. The average Bonchev–Trinajstić information content (AvgIpc) is 2.50. The van der Waals surface area contributed by atoms with E-state index >= 15 is 0 Å². The highest BCUT2D eigenvalue weighted by Crippen LogP contribution is 2.16. The van der Waals surface area contributed by atoms with Crippen LogP contribution in [-0.4, -0.2) is 66.0 Å². The number of nitrogens with zero attached hydrogens (tertiary/aromatic N) is 4. The fraction of sp³-hybridized carbons (Fsp3) is 0.643. The Labute approximate surface area is 130 Å². The van der Waals surface area contributed by atoms with Crippen LogP contribution in [0.2, 0.25) is 0 Å². The van der Waals surface area contributed by atoms with Gasteiger partial charge in [-0.3, -0.25) is 4.79 Å². The Morgan fingerprint density at radius 2 is 2.19 bits per heavy atom. The van der Waals surface area contributed by atoms with Gasteiger partial charge in [-0.15, -0.1) is 0 Å². The number of amides is 1. The molecule has 1 N–H and O–H groups in total. The van der Waals surface area contributed by atoms with Crippen LogP contribution < -0.4 is 10.2 Å². The first kappa shape index (κ1) is 15.9. The minimum Gasteiger partial charge on any atom is -0.370 e. The molecular formula is C14H23N5OS. The number of hydrogen-bond acceptors (Lipinski definition) is 6. The zero-order chi connectivity index (χ0) is 15.1. The Hall–Kier alpha value is -1.50. The number of anilines is 2. The van der Waals surface area contributed by atoms with Crippen molar-refractivity contribution in [1.82, 2.24) is 14.9 Å². The van der Waals surface area contributed by atoms with Crippen LogP contribution in [0.1, 0.15) is 12.8 Å². The van der Waals surface area contributed by atoms with Crippen LogP contribution in [0.15, 0.2) is 12.4 Å². The molecule has 116 valence electrons. The van der Waals surface area contributed by atoms with Crippen molar-refractivity contribution in [2.24, 2.45) is 0 Å². The number of nitrogens with one attached hydrogen (secondary N) is 1. The van der Waals surface area contributed by atoms with E-state index in [0.717, 1.165) is 37.7 Å². The van der Waals surface area contributed by atoms with Crippen molar-refractivity contribution >= 4 is 29.3 Å². The first-order valence-corrected chi connectivity index (χ1v) is 8.64. The molecule has 0 atom stereocenters. The lowest BCUT2D eigenvalue weighted by Crippen LogP contribution is -2.48. The summed E-state index contributed by atoms with van der Waals surface area (Å²) >= 11 is 1.87. The lowest BCUT2D eigenvalue weighted by Gasteiger charge is -2.32. The van der Waals surface area contributed by atoms with Gasteiger partial charge >= 0.3 is 0 Å². The summed E-state index contributed by atoms with van der Waals surface area (Å²) in [6.45, 7) is 2.85. The topological polar surface area (TPSA) is 61.4 Å². The molecule has 1 fully saturated rings. The summed E-state index contributed by atoms with van der Waals surface area (Å²) in [6.07, 6.45) is 6.02. The molecule has 21 heavy (non-hydrogen) atoms. The number of hydrogen-bond donors (Lipinski definition) is 1. The Bertz CT molecular complexity index is 470. The number of carbonyl (C=O) groups excluding carboxylic acids is 1. The lowest BCUT2D eigenvalue weighted by molar-refractivity contribution is -0.129. The highest BCUT2D eigenvalue weighted by Gasteiger charge is 2.22. The molecule has 0 aliphatic carbocycles. The van der Waals surface area contributed by atoms with Gasteiger partial charge in [-0.2, -0.15) is 11.8 Å². The van der Waals surface area contributed by atoms with Crippen LogP contribution in [0.3, 0.4) is 0 Å². The monoisotopic (exact) mass is 309 g/mol. The second kappa shape index (κ2) is 8.07. The molecule has 1 aliphatic heterocycles. The van der Waals surface area contributed by atoms with Crippen molar-refractivity contribution in [3.05, 3.63) is 12.4 Å². The van der Waals surface area contributed by atoms with E-state index in [9.17, 15) is 4.79 Å². The van der Waals surface area contributed by atoms with Crippen LogP contribution >= 0.6 is 11.8 Å². The number of piperazine rings is 1. The minimum absolute atomic E-state index is 0.131. The fourth-order valence-electron chi connectivity index (χ4n) is 2.16. The molecule has 2 heterocycles. The van der Waals surface area contributed by atoms with E-state index in [4.69, 9.17) is 0 Å². The van der Waals surface area contributed by atoms with E-state index < -0.39 is 0 Å². The molecular weight excluding hydrogens is 286 g/mol. The van der Waals surface area contributed by atoms with Crippen LogP contribution in [0.25, 0.3) is 0 Å². The number of thioether (sulfide) groups is 1. The van der Waals surface area contributed by atoms with Gasteiger partial charge in [-0.1, -0.05) is 0 Å². The van der Waals surface area contributed by atoms with E-state index in [1.807, 2.05) is 29.8 Å². The predicted octanol–water partition coefficient (Wildman–Crippen LogP) is 1.31. The zero-order valence-corrected chi connectivity index (χ0v) is 13.5. The number of likely N-dealkylation sites (N-methyl/N-ethyl adjacent to an activating group) is 1. The molecule has 1 aliphatic rings. The summed E-state index contributed by atoms with van der Waals surface area (Å²) in [5.74, 6) is 2.97. The molecule has 0 saturated carbocycles. The first-order valence-electron chi connectivity index (χ1n) is 7.24. The second-order valence-corrected chi connectivity index (χ2v) is 6.11. The predicted molar refractivity (Wildman–Crippen MR) is 88.0 cm³/mol. The quantitative estimate of drug-likeness (QED) is 0.766. The first-order chi connectivity index (χ1) is 10.2. The third-order valence-corrected chi connectivity index (χ3v) is 4.21. The van der Waals surface area contributed by atoms with Gasteiger partial charge in [0, 0.05) is 32.7 Å². The van der Waals surface area contributed by atoms with Crippen LogP contribution in [0, 0.1) is 0 Å². The van der Waals surface area contributed by atoms with Gasteiger partial charge in [0.2, 0.25) is 5.91 Å². The van der Waals surface area contributed by atoms with E-state index in [-0.39, 0.29) is 5.91 Å². The molecule has 2 rings (SSSR count). The van der Waals surface area contributed by atoms with Gasteiger partial charge in [-0.25, -0.2) is 9.97 Å². The maximum Gasteiger partial charge on any atom is 0.241 e. The molecule has 1 aromatic heterocycles. The highest BCUT2D eigenvalue weighted by atomic mass is 32.2. The van der Waals surface area contributed by atoms with E-state index in [1.54, 1.807) is 11.2 Å². The number of unbranched alkanes of at least 4 members (excludes halogenated alkanes) is 1. The van der Waals surface area contributed by atoms with Gasteiger partial charge in [0.15, 0.2) is 0 Å². The fourth-order valence-corrected chi connectivity index (χ4v) is 2.65. The van der Waals surface area contributed by atoms with Crippen molar-refractivity contribution in [1.29, 1.82) is 0 Å². The molecule has 6 nitrogen and oxygen atoms in total. The summed E-state index contributed by atoms with van der Waals surface area (Å²) in [6, 6.07) is 1.92. The zero-order valence-electron chi connectivity index (χ0n) is 12.7. The lowest BCUT2D eigenvalue weighted by atomic mass is 10.3. The molecule has 0 aromatic carbocycles. The van der Waals surface area contributed by atoms with Crippen molar-refractivity contribution in [2.45, 2.75) is 12.8 Å². The summed E-state index contributed by atoms with van der Waals surface area (Å²) in [5, 5.41) is 3.32. The smallest absolute Gasteiger partial charge is 0.241 e. The van der Waals surface area contributed by atoms with Crippen molar-refractivity contribution < 1.29 is 4.79 Å². The summed E-state index contributed by atoms with van der Waals surface area (Å²) < 4.78 is 0. The van der Waals surface area contributed by atoms with Crippen LogP contribution in [-0.2, 0) is 4.79 Å². The largest absolute Gasteiger partial charge is 0.370 e. The third-order valence-electron chi connectivity index (χ3n) is 3.52. The maximum atomic E-state index is 11.8. The van der Waals surface area contributed by atoms with E-state index in [0.29, 0.717) is 6.54 Å². The van der Waals surface area contributed by atoms with Gasteiger partial charge < -0.3 is 15.1 Å². The SMILES string of the molecule is CSCCCCNc1cc(N2CCN(C)C(=O)C2)ncn1. The Balaban J connectivity index is 1.87. The van der Waals surface area contributed by atoms with Gasteiger partial charge in [-0.05, 0) is 24.9 Å². The Kier molecular flexibility index (Phi) is 6.10. The van der Waals surface area contributed by atoms with Crippen molar-refractivity contribution in [3.63, 3.8) is 0 Å². The molecule has 1 amide bonds. The maximum absolute atomic E-state index is 11.8. The Morgan fingerprint density at radius 3 is 2.95 bits per heavy atom. The molecule has 0 bridgehead atoms. The number of aromatic nitrogens is 2. The van der Waals surface area contributed by atoms with Gasteiger partial charge in [0.25, 0.3) is 0 Å². The van der Waals surface area contributed by atoms with E-state index in [1.165, 1.54) is 12.2 Å². The highest BCUT2D eigenvalue weighted by molar-refractivity contribution is 7.98. The summed E-state index contributed by atoms with van der Waals surface area (Å²) in [7, 11) is 1.83. The number of rotatable bonds is 7. The molecule has 1 saturated heterocycles. The van der Waals surface area contributed by atoms with Crippen molar-refractivity contribution in [3.8, 4) is 0 Å². The molecule has 0 radical (unpaired) electrons. The third kappa shape index (κ3) is 4.77. The van der Waals surface area contributed by atoms with Crippen LogP contribution in [0.5, 0.6) is 0 Å². The normalized spacial score (nSPS) is 15.4. The molecule has 0 unspecified atom stereocenters. The average molecular weight is 309 g/mol. The summed E-state index contributed by atoms with van der Waals surface area (Å²) in [5.41, 5.74) is 0. The summed E-state index contributed by atoms with van der Waals surface area (Å²) in [4.78, 5) is 24.0. The van der Waals surface area contributed by atoms with Crippen molar-refractivity contribution in [2.75, 3.05) is 55.5 Å². The van der Waals surface area contributed by atoms with Gasteiger partial charge in [0.1, 0.15) is 18.0 Å². The minimum atomic E-state index is 0.131. The molecule has 1 aromatic rings. The standard InChI is InChI=1S/C14H23N5OS/c1-18-6-7-19(10-14(18)20)13-9-12(16-11-17-13)15-5-3-4-8-21-2/h9,11H,3-8,10H2,1-2H3,(H,15,16,17). The Morgan fingerprint density at radius 1 is 1.33 bits per heavy atom. The van der Waals surface area contributed by atoms with Gasteiger partial charge in [0.05, 0.1) is 6.54 Å². The van der Waals surface area contributed by atoms with Crippen LogP contribution in [0.4, 0.5) is 11.6 Å². The van der Waals surface area contributed by atoms with E-state index in [2.05, 4.69) is 21.5 Å². The molecule has 7 heteroatoms. The number of carbonyl (C=O) groups is 1.